The molecule has 0 N–H and O–H groups in total. The minimum Gasteiger partial charge on any atom is -0.497 e. The summed E-state index contributed by atoms with van der Waals surface area (Å²) in [6.07, 6.45) is 0. The number of methoxy groups -OCH3 is 1. The molecule has 0 atom stereocenters. The molecule has 5 nitrogen and oxygen atoms in total. The lowest BCUT2D eigenvalue weighted by Gasteiger charge is -2.14. The number of aryl methyl sites for hydroxylation is 2. The van der Waals surface area contributed by atoms with Crippen molar-refractivity contribution < 1.29 is 4.74 Å². The van der Waals surface area contributed by atoms with Gasteiger partial charge in [-0.25, -0.2) is 0 Å². The predicted octanol–water partition coefficient (Wildman–Crippen LogP) is 4.19. The van der Waals surface area contributed by atoms with Crippen LogP contribution in [0.5, 0.6) is 5.75 Å². The highest BCUT2D eigenvalue weighted by atomic mass is 32.2. The zero-order valence-electron chi connectivity index (χ0n) is 15.6. The third-order valence-corrected chi connectivity index (χ3v) is 5.76. The summed E-state index contributed by atoms with van der Waals surface area (Å²) in [7, 11) is 1.58. The van der Waals surface area contributed by atoms with E-state index in [1.54, 1.807) is 38.3 Å². The summed E-state index contributed by atoms with van der Waals surface area (Å²) in [5.74, 6) is 0.685. The van der Waals surface area contributed by atoms with Crippen LogP contribution in [0.4, 0.5) is 0 Å². The summed E-state index contributed by atoms with van der Waals surface area (Å²) in [6.45, 7) is 5.84. The average Bonchev–Trinajstić information content (AvgIpc) is 2.67. The molecule has 6 heteroatoms. The Morgan fingerprint density at radius 2 is 1.70 bits per heavy atom. The fourth-order valence-electron chi connectivity index (χ4n) is 2.77. The van der Waals surface area contributed by atoms with E-state index in [1.165, 1.54) is 16.4 Å². The summed E-state index contributed by atoms with van der Waals surface area (Å²) in [5, 5.41) is 14.7. The first-order chi connectivity index (χ1) is 13.0. The van der Waals surface area contributed by atoms with Gasteiger partial charge in [0.15, 0.2) is 0 Å². The van der Waals surface area contributed by atoms with Crippen LogP contribution < -0.4 is 10.3 Å². The molecule has 0 bridgehead atoms. The molecule has 0 amide bonds. The molecule has 0 unspecified atom stereocenters. The second-order valence-electron chi connectivity index (χ2n) is 6.15. The monoisotopic (exact) mass is 377 g/mol. The summed E-state index contributed by atoms with van der Waals surface area (Å²) in [5.41, 5.74) is 3.12. The highest BCUT2D eigenvalue weighted by molar-refractivity contribution is 7.99. The van der Waals surface area contributed by atoms with Crippen molar-refractivity contribution in [1.29, 1.82) is 5.26 Å². The van der Waals surface area contributed by atoms with Crippen LogP contribution in [-0.4, -0.2) is 16.9 Å². The normalized spacial score (nSPS) is 10.5. The van der Waals surface area contributed by atoms with Gasteiger partial charge in [-0.05, 0) is 56.2 Å². The van der Waals surface area contributed by atoms with Crippen LogP contribution in [0.15, 0.2) is 57.2 Å². The Balaban J connectivity index is 2.17. The van der Waals surface area contributed by atoms with Gasteiger partial charge in [-0.1, -0.05) is 30.0 Å². The second-order valence-corrected chi connectivity index (χ2v) is 7.15. The van der Waals surface area contributed by atoms with Crippen molar-refractivity contribution in [3.05, 3.63) is 75.1 Å². The molecule has 3 rings (SSSR count). The molecule has 27 heavy (non-hydrogen) atoms. The highest BCUT2D eigenvalue weighted by Gasteiger charge is 2.17. The second kappa shape index (κ2) is 7.68. The molecular weight excluding hydrogens is 358 g/mol. The van der Waals surface area contributed by atoms with Crippen molar-refractivity contribution in [3.8, 4) is 17.5 Å². The lowest BCUT2D eigenvalue weighted by Crippen LogP contribution is -2.25. The van der Waals surface area contributed by atoms with E-state index in [9.17, 15) is 10.1 Å². The van der Waals surface area contributed by atoms with Gasteiger partial charge in [0.05, 0.1) is 12.8 Å². The lowest BCUT2D eigenvalue weighted by atomic mass is 10.2. The Morgan fingerprint density at radius 1 is 1.07 bits per heavy atom. The third kappa shape index (κ3) is 3.60. The van der Waals surface area contributed by atoms with Crippen molar-refractivity contribution in [3.63, 3.8) is 0 Å². The third-order valence-electron chi connectivity index (χ3n) is 4.33. The van der Waals surface area contributed by atoms with Gasteiger partial charge in [-0.3, -0.25) is 4.79 Å². The van der Waals surface area contributed by atoms with E-state index in [4.69, 9.17) is 4.74 Å². The Morgan fingerprint density at radius 3 is 2.26 bits per heavy atom. The van der Waals surface area contributed by atoms with Crippen molar-refractivity contribution in [2.24, 2.45) is 0 Å². The van der Waals surface area contributed by atoms with E-state index in [0.717, 1.165) is 16.0 Å². The van der Waals surface area contributed by atoms with E-state index >= 15 is 0 Å². The van der Waals surface area contributed by atoms with Crippen LogP contribution in [-0.2, 0) is 0 Å². The van der Waals surface area contributed by atoms with Gasteiger partial charge in [0.25, 0.3) is 5.56 Å². The summed E-state index contributed by atoms with van der Waals surface area (Å²) in [4.78, 5) is 13.8. The number of hydrogen-bond donors (Lipinski definition) is 0. The number of nitriles is 1. The Kier molecular flexibility index (Phi) is 5.33. The highest BCUT2D eigenvalue weighted by Crippen LogP contribution is 2.33. The maximum absolute atomic E-state index is 12.8. The topological polar surface area (TPSA) is 67.9 Å². The van der Waals surface area contributed by atoms with Crippen molar-refractivity contribution in [2.75, 3.05) is 7.11 Å². The molecule has 1 aromatic heterocycles. The Hall–Kier alpha value is -3.04. The number of nitrogens with zero attached hydrogens (tertiary/aromatic N) is 3. The number of hydrogen-bond acceptors (Lipinski definition) is 5. The minimum absolute atomic E-state index is 0.106. The molecule has 136 valence electrons. The van der Waals surface area contributed by atoms with Crippen LogP contribution in [0.3, 0.4) is 0 Å². The van der Waals surface area contributed by atoms with E-state index < -0.39 is 5.56 Å². The van der Waals surface area contributed by atoms with Gasteiger partial charge in [-0.15, -0.1) is 0 Å². The average molecular weight is 377 g/mol. The van der Waals surface area contributed by atoms with Crippen LogP contribution in [0.25, 0.3) is 5.69 Å². The first-order valence-corrected chi connectivity index (χ1v) is 9.20. The molecular formula is C21H19N3O2S. The van der Waals surface area contributed by atoms with Gasteiger partial charge in [0.1, 0.15) is 22.4 Å². The minimum atomic E-state index is -0.425. The zero-order chi connectivity index (χ0) is 19.6. The van der Waals surface area contributed by atoms with Crippen molar-refractivity contribution >= 4 is 11.8 Å². The fraction of sp³-hybridized carbons (Fsp3) is 0.190. The molecule has 0 saturated carbocycles. The number of benzene rings is 2. The first-order valence-electron chi connectivity index (χ1n) is 8.38. The quantitative estimate of drug-likeness (QED) is 0.682. The van der Waals surface area contributed by atoms with Crippen LogP contribution in [0.1, 0.15) is 22.3 Å². The van der Waals surface area contributed by atoms with E-state index in [-0.39, 0.29) is 5.56 Å². The zero-order valence-corrected chi connectivity index (χ0v) is 16.4. The largest absolute Gasteiger partial charge is 0.497 e. The number of rotatable bonds is 4. The molecule has 0 aliphatic rings. The summed E-state index contributed by atoms with van der Waals surface area (Å²) in [6, 6.07) is 15.1. The molecule has 0 aliphatic carbocycles. The SMILES string of the molecule is COc1ccc(-n2nc(Sc3c(C)cccc3C)c(C)c(C#N)c2=O)cc1. The fourth-order valence-corrected chi connectivity index (χ4v) is 3.80. The van der Waals surface area contributed by atoms with E-state index in [0.29, 0.717) is 22.0 Å². The maximum Gasteiger partial charge on any atom is 0.289 e. The number of aromatic nitrogens is 2. The molecule has 0 fully saturated rings. The molecule has 0 radical (unpaired) electrons. The van der Waals surface area contributed by atoms with E-state index in [2.05, 4.69) is 5.10 Å². The Bertz CT molecular complexity index is 1080. The molecule has 0 saturated heterocycles. The van der Waals surface area contributed by atoms with Gasteiger partial charge in [-0.2, -0.15) is 15.0 Å². The summed E-state index contributed by atoms with van der Waals surface area (Å²) < 4.78 is 6.44. The molecule has 2 aromatic carbocycles. The molecule has 0 aliphatic heterocycles. The van der Waals surface area contributed by atoms with Crippen molar-refractivity contribution in [1.82, 2.24) is 9.78 Å². The van der Waals surface area contributed by atoms with Gasteiger partial charge in [0.2, 0.25) is 0 Å². The van der Waals surface area contributed by atoms with E-state index in [1.807, 2.05) is 38.1 Å². The van der Waals surface area contributed by atoms with Crippen molar-refractivity contribution in [2.45, 2.75) is 30.7 Å². The number of ether oxygens (including phenoxy) is 1. The van der Waals surface area contributed by atoms with Crippen LogP contribution in [0.2, 0.25) is 0 Å². The smallest absolute Gasteiger partial charge is 0.289 e. The maximum atomic E-state index is 12.8. The predicted molar refractivity (Wildman–Crippen MR) is 106 cm³/mol. The van der Waals surface area contributed by atoms with Crippen LogP contribution >= 0.6 is 11.8 Å². The molecule has 1 heterocycles. The first kappa shape index (κ1) is 18.7. The summed E-state index contributed by atoms with van der Waals surface area (Å²) >= 11 is 1.48. The van der Waals surface area contributed by atoms with Gasteiger partial charge >= 0.3 is 0 Å². The Labute approximate surface area is 162 Å². The lowest BCUT2D eigenvalue weighted by molar-refractivity contribution is 0.414. The molecule has 3 aromatic rings. The molecule has 0 spiro atoms. The van der Waals surface area contributed by atoms with Gasteiger partial charge in [0, 0.05) is 10.5 Å². The standard InChI is InChI=1S/C21H19N3O2S/c1-13-6-5-7-14(2)19(13)27-20-15(3)18(12-22)21(25)24(23-20)16-8-10-17(26-4)11-9-16/h5-11H,1-4H3. The van der Waals surface area contributed by atoms with Crippen LogP contribution in [0, 0.1) is 32.1 Å². The van der Waals surface area contributed by atoms with Gasteiger partial charge < -0.3 is 4.74 Å².